The number of nitrogens with one attached hydrogen (secondary N) is 2. The third-order valence-electron chi connectivity index (χ3n) is 6.37. The van der Waals surface area contributed by atoms with E-state index < -0.39 is 26.0 Å². The summed E-state index contributed by atoms with van der Waals surface area (Å²) in [6.45, 7) is 0.541. The number of amides is 1. The molecular formula is C27H30ClN3O5S2. The molecule has 4 rings (SSSR count). The van der Waals surface area contributed by atoms with E-state index in [2.05, 4.69) is 10.0 Å². The van der Waals surface area contributed by atoms with Crippen LogP contribution in [0.15, 0.2) is 83.8 Å². The maximum absolute atomic E-state index is 12.9. The summed E-state index contributed by atoms with van der Waals surface area (Å²) in [6.07, 6.45) is 2.37. The minimum atomic E-state index is -3.84. The lowest BCUT2D eigenvalue weighted by atomic mass is 9.99. The van der Waals surface area contributed by atoms with Crippen LogP contribution >= 0.6 is 11.6 Å². The average Bonchev–Trinajstić information content (AvgIpc) is 2.89. The Kier molecular flexibility index (Phi) is 9.09. The van der Waals surface area contributed by atoms with E-state index in [1.54, 1.807) is 18.2 Å². The molecule has 202 valence electrons. The van der Waals surface area contributed by atoms with Gasteiger partial charge in [0.05, 0.1) is 22.3 Å². The number of carbonyl (C=O) groups is 1. The molecule has 0 aromatic heterocycles. The summed E-state index contributed by atoms with van der Waals surface area (Å²) in [4.78, 5) is 12.9. The van der Waals surface area contributed by atoms with Crippen LogP contribution in [0.2, 0.25) is 5.02 Å². The first kappa shape index (κ1) is 28.1. The van der Waals surface area contributed by atoms with Crippen LogP contribution in [0.3, 0.4) is 0 Å². The molecule has 0 saturated carbocycles. The number of benzene rings is 3. The minimum Gasteiger partial charge on any atom is -0.326 e. The predicted octanol–water partition coefficient (Wildman–Crippen LogP) is 4.75. The SMILES string of the molecule is O=C(Nc1ccc(S(=O)(=O)Nc2cccc(Cl)c2)cc1)[C@@H]1CCCN(S(=O)(=O)CCCc2ccccc2)C1. The highest BCUT2D eigenvalue weighted by Crippen LogP contribution is 2.24. The zero-order valence-corrected chi connectivity index (χ0v) is 23.1. The summed E-state index contributed by atoms with van der Waals surface area (Å²) in [5.74, 6) is -0.738. The summed E-state index contributed by atoms with van der Waals surface area (Å²) in [6, 6.07) is 21.9. The summed E-state index contributed by atoms with van der Waals surface area (Å²) < 4.78 is 55.1. The molecule has 3 aromatic rings. The molecular weight excluding hydrogens is 546 g/mol. The quantitative estimate of drug-likeness (QED) is 0.362. The molecule has 0 radical (unpaired) electrons. The number of sulfonamides is 2. The van der Waals surface area contributed by atoms with Crippen molar-refractivity contribution in [3.05, 3.63) is 89.4 Å². The fourth-order valence-corrected chi connectivity index (χ4v) is 7.19. The van der Waals surface area contributed by atoms with Crippen molar-refractivity contribution >= 4 is 48.9 Å². The summed E-state index contributed by atoms with van der Waals surface area (Å²) in [5, 5.41) is 3.20. The van der Waals surface area contributed by atoms with Crippen molar-refractivity contribution in [3.8, 4) is 0 Å². The number of hydrogen-bond donors (Lipinski definition) is 2. The van der Waals surface area contributed by atoms with Gasteiger partial charge >= 0.3 is 0 Å². The van der Waals surface area contributed by atoms with Crippen LogP contribution in [0.1, 0.15) is 24.8 Å². The molecule has 1 aliphatic heterocycles. The van der Waals surface area contributed by atoms with Crippen molar-refractivity contribution in [1.29, 1.82) is 0 Å². The first-order chi connectivity index (χ1) is 18.1. The van der Waals surface area contributed by atoms with E-state index in [0.29, 0.717) is 48.6 Å². The van der Waals surface area contributed by atoms with Gasteiger partial charge in [0.15, 0.2) is 0 Å². The number of anilines is 2. The van der Waals surface area contributed by atoms with Crippen molar-refractivity contribution in [2.75, 3.05) is 28.9 Å². The summed E-state index contributed by atoms with van der Waals surface area (Å²) >= 11 is 5.92. The first-order valence-corrected chi connectivity index (χ1v) is 15.8. The Morgan fingerprint density at radius 1 is 0.921 bits per heavy atom. The van der Waals surface area contributed by atoms with Crippen molar-refractivity contribution < 1.29 is 21.6 Å². The van der Waals surface area contributed by atoms with Crippen LogP contribution in [0, 0.1) is 5.92 Å². The number of rotatable bonds is 10. The lowest BCUT2D eigenvalue weighted by Crippen LogP contribution is -2.44. The normalized spacial score (nSPS) is 16.6. The van der Waals surface area contributed by atoms with E-state index in [9.17, 15) is 21.6 Å². The van der Waals surface area contributed by atoms with Crippen molar-refractivity contribution in [2.45, 2.75) is 30.6 Å². The standard InChI is InChI=1S/C27H30ClN3O5S2/c28-23-11-4-12-25(19-23)30-38(35,36)26-15-13-24(14-16-26)29-27(32)22-10-5-17-31(20-22)37(33,34)18-6-9-21-7-2-1-3-8-21/h1-4,7-8,11-16,19,22,30H,5-6,9-10,17-18,20H2,(H,29,32)/t22-/m1/s1. The third-order valence-corrected chi connectivity index (χ3v) is 9.92. The van der Waals surface area contributed by atoms with E-state index in [0.717, 1.165) is 5.56 Å². The highest BCUT2D eigenvalue weighted by Gasteiger charge is 2.32. The Morgan fingerprint density at radius 3 is 2.37 bits per heavy atom. The van der Waals surface area contributed by atoms with Crippen LogP contribution in [0.4, 0.5) is 11.4 Å². The topological polar surface area (TPSA) is 113 Å². The Bertz CT molecular complexity index is 1460. The zero-order chi connectivity index (χ0) is 27.2. The lowest BCUT2D eigenvalue weighted by Gasteiger charge is -2.31. The zero-order valence-electron chi connectivity index (χ0n) is 20.7. The van der Waals surface area contributed by atoms with Crippen molar-refractivity contribution in [3.63, 3.8) is 0 Å². The highest BCUT2D eigenvalue weighted by atomic mass is 35.5. The summed E-state index contributed by atoms with van der Waals surface area (Å²) in [5.41, 5.74) is 1.86. The van der Waals surface area contributed by atoms with Gasteiger partial charge in [-0.15, -0.1) is 0 Å². The monoisotopic (exact) mass is 575 g/mol. The molecule has 0 unspecified atom stereocenters. The van der Waals surface area contributed by atoms with Gasteiger partial charge in [-0.25, -0.2) is 21.1 Å². The first-order valence-electron chi connectivity index (χ1n) is 12.3. The Morgan fingerprint density at radius 2 is 1.66 bits per heavy atom. The van der Waals surface area contributed by atoms with Gasteiger partial charge < -0.3 is 5.32 Å². The van der Waals surface area contributed by atoms with E-state index in [1.165, 1.54) is 34.6 Å². The lowest BCUT2D eigenvalue weighted by molar-refractivity contribution is -0.120. The van der Waals surface area contributed by atoms with E-state index in [4.69, 9.17) is 11.6 Å². The number of halogens is 1. The maximum Gasteiger partial charge on any atom is 0.261 e. The second-order valence-corrected chi connectivity index (χ2v) is 13.4. The van der Waals surface area contributed by atoms with Gasteiger partial charge in [-0.1, -0.05) is 48.0 Å². The van der Waals surface area contributed by atoms with Gasteiger partial charge in [-0.2, -0.15) is 0 Å². The predicted molar refractivity (Wildman–Crippen MR) is 150 cm³/mol. The van der Waals surface area contributed by atoms with Crippen LogP contribution in [-0.4, -0.2) is 45.9 Å². The summed E-state index contributed by atoms with van der Waals surface area (Å²) in [7, 11) is -7.31. The number of aryl methyl sites for hydroxylation is 1. The fraction of sp³-hybridized carbons (Fsp3) is 0.296. The molecule has 1 fully saturated rings. The second-order valence-electron chi connectivity index (χ2n) is 9.23. The highest BCUT2D eigenvalue weighted by molar-refractivity contribution is 7.92. The molecule has 0 spiro atoms. The largest absolute Gasteiger partial charge is 0.326 e. The van der Waals surface area contributed by atoms with Gasteiger partial charge in [-0.3, -0.25) is 9.52 Å². The molecule has 0 bridgehead atoms. The Balaban J connectivity index is 1.32. The molecule has 3 aromatic carbocycles. The van der Waals surface area contributed by atoms with E-state index in [-0.39, 0.29) is 23.1 Å². The van der Waals surface area contributed by atoms with Crippen LogP contribution in [0.25, 0.3) is 0 Å². The van der Waals surface area contributed by atoms with E-state index in [1.807, 2.05) is 30.3 Å². The molecule has 1 aliphatic rings. The number of hydrogen-bond acceptors (Lipinski definition) is 5. The van der Waals surface area contributed by atoms with Gasteiger partial charge in [0.25, 0.3) is 10.0 Å². The molecule has 1 saturated heterocycles. The molecule has 38 heavy (non-hydrogen) atoms. The van der Waals surface area contributed by atoms with Gasteiger partial charge in [0.2, 0.25) is 15.9 Å². The average molecular weight is 576 g/mol. The fourth-order valence-electron chi connectivity index (χ4n) is 4.37. The van der Waals surface area contributed by atoms with Crippen LogP contribution < -0.4 is 10.0 Å². The maximum atomic E-state index is 12.9. The van der Waals surface area contributed by atoms with E-state index >= 15 is 0 Å². The molecule has 0 aliphatic carbocycles. The Labute approximate surface area is 229 Å². The molecule has 11 heteroatoms. The van der Waals surface area contributed by atoms with Crippen molar-refractivity contribution in [2.24, 2.45) is 5.92 Å². The molecule has 8 nitrogen and oxygen atoms in total. The Hall–Kier alpha value is -2.92. The van der Waals surface area contributed by atoms with Crippen LogP contribution in [0.5, 0.6) is 0 Å². The molecule has 2 N–H and O–H groups in total. The second kappa shape index (κ2) is 12.3. The van der Waals surface area contributed by atoms with Gasteiger partial charge in [-0.05, 0) is 73.7 Å². The number of piperidine rings is 1. The minimum absolute atomic E-state index is 0.0286. The molecule has 1 heterocycles. The number of carbonyl (C=O) groups excluding carboxylic acids is 1. The smallest absolute Gasteiger partial charge is 0.261 e. The molecule has 1 amide bonds. The van der Waals surface area contributed by atoms with Crippen molar-refractivity contribution in [1.82, 2.24) is 4.31 Å². The number of nitrogens with zero attached hydrogens (tertiary/aromatic N) is 1. The third kappa shape index (κ3) is 7.57. The van der Waals surface area contributed by atoms with Crippen LogP contribution in [-0.2, 0) is 31.3 Å². The van der Waals surface area contributed by atoms with Gasteiger partial charge in [0, 0.05) is 23.8 Å². The molecule has 1 atom stereocenters. The van der Waals surface area contributed by atoms with Gasteiger partial charge in [0.1, 0.15) is 0 Å².